The Kier molecular flexibility index (Phi) is 5.97. The lowest BCUT2D eigenvalue weighted by Crippen LogP contribution is -2.36. The van der Waals surface area contributed by atoms with Gasteiger partial charge >= 0.3 is 0 Å². The molecule has 0 spiro atoms. The van der Waals surface area contributed by atoms with E-state index >= 15 is 0 Å². The quantitative estimate of drug-likeness (QED) is 0.849. The highest BCUT2D eigenvalue weighted by atomic mass is 19.1. The van der Waals surface area contributed by atoms with Crippen LogP contribution in [0.1, 0.15) is 25.0 Å². The third-order valence-electron chi connectivity index (χ3n) is 2.68. The second kappa shape index (κ2) is 7.49. The van der Waals surface area contributed by atoms with Gasteiger partial charge in [0.05, 0.1) is 18.2 Å². The summed E-state index contributed by atoms with van der Waals surface area (Å²) >= 11 is 0. The Morgan fingerprint density at radius 1 is 1.42 bits per heavy atom. The second-order valence-corrected chi connectivity index (χ2v) is 4.22. The molecule has 0 fully saturated rings. The Balaban J connectivity index is 2.73. The Bertz CT molecular complexity index is 482. The van der Waals surface area contributed by atoms with Gasteiger partial charge in [-0.15, -0.1) is 0 Å². The van der Waals surface area contributed by atoms with Crippen LogP contribution in [0.3, 0.4) is 0 Å². The van der Waals surface area contributed by atoms with Crippen molar-refractivity contribution in [1.29, 1.82) is 5.26 Å². The van der Waals surface area contributed by atoms with Crippen molar-refractivity contribution in [2.45, 2.75) is 20.4 Å². The van der Waals surface area contributed by atoms with Gasteiger partial charge in [0, 0.05) is 13.1 Å². The van der Waals surface area contributed by atoms with Crippen molar-refractivity contribution < 1.29 is 9.18 Å². The van der Waals surface area contributed by atoms with Gasteiger partial charge in [0.2, 0.25) is 5.91 Å². The molecule has 0 radical (unpaired) electrons. The van der Waals surface area contributed by atoms with Crippen LogP contribution >= 0.6 is 0 Å². The van der Waals surface area contributed by atoms with Gasteiger partial charge in [-0.05, 0) is 37.2 Å². The fourth-order valence-corrected chi connectivity index (χ4v) is 1.80. The van der Waals surface area contributed by atoms with Crippen molar-refractivity contribution in [3.63, 3.8) is 0 Å². The second-order valence-electron chi connectivity index (χ2n) is 4.22. The molecule has 0 aromatic heterocycles. The van der Waals surface area contributed by atoms with Gasteiger partial charge in [-0.25, -0.2) is 4.39 Å². The number of rotatable bonds is 6. The van der Waals surface area contributed by atoms with Gasteiger partial charge in [0.1, 0.15) is 5.82 Å². The van der Waals surface area contributed by atoms with Gasteiger partial charge in [0.15, 0.2) is 0 Å². The first-order chi connectivity index (χ1) is 9.08. The molecule has 0 aliphatic rings. The molecule has 1 amide bonds. The highest BCUT2D eigenvalue weighted by Crippen LogP contribution is 2.11. The van der Waals surface area contributed by atoms with Crippen molar-refractivity contribution in [3.05, 3.63) is 35.1 Å². The molecule has 0 saturated carbocycles. The number of halogens is 1. The third kappa shape index (κ3) is 5.06. The largest absolute Gasteiger partial charge is 0.355 e. The van der Waals surface area contributed by atoms with E-state index in [9.17, 15) is 9.18 Å². The number of benzene rings is 1. The number of nitrogens with zero attached hydrogens (tertiary/aromatic N) is 2. The van der Waals surface area contributed by atoms with Gasteiger partial charge in [-0.3, -0.25) is 9.69 Å². The fourth-order valence-electron chi connectivity index (χ4n) is 1.80. The van der Waals surface area contributed by atoms with Crippen molar-refractivity contribution in [2.75, 3.05) is 19.6 Å². The number of amides is 1. The molecule has 19 heavy (non-hydrogen) atoms. The van der Waals surface area contributed by atoms with Gasteiger partial charge < -0.3 is 5.32 Å². The molecular weight excluding hydrogens is 245 g/mol. The van der Waals surface area contributed by atoms with Crippen molar-refractivity contribution in [2.24, 2.45) is 0 Å². The maximum atomic E-state index is 13.3. The van der Waals surface area contributed by atoms with Crippen molar-refractivity contribution in [3.8, 4) is 6.07 Å². The molecule has 0 aliphatic carbocycles. The summed E-state index contributed by atoms with van der Waals surface area (Å²) in [4.78, 5) is 13.4. The predicted octanol–water partition coefficient (Wildman–Crippen LogP) is 1.66. The van der Waals surface area contributed by atoms with Crippen LogP contribution in [-0.2, 0) is 11.3 Å². The minimum Gasteiger partial charge on any atom is -0.355 e. The van der Waals surface area contributed by atoms with Crippen LogP contribution < -0.4 is 5.32 Å². The van der Waals surface area contributed by atoms with Crippen LogP contribution in [0.5, 0.6) is 0 Å². The number of nitrogens with one attached hydrogen (secondary N) is 1. The smallest absolute Gasteiger partial charge is 0.234 e. The molecule has 1 aromatic carbocycles. The molecule has 4 nitrogen and oxygen atoms in total. The van der Waals surface area contributed by atoms with E-state index in [-0.39, 0.29) is 12.5 Å². The first-order valence-corrected chi connectivity index (χ1v) is 6.27. The van der Waals surface area contributed by atoms with Crippen LogP contribution in [0, 0.1) is 17.1 Å². The van der Waals surface area contributed by atoms with Gasteiger partial charge in [0.25, 0.3) is 0 Å². The number of hydrogen-bond donors (Lipinski definition) is 1. The third-order valence-corrected chi connectivity index (χ3v) is 2.68. The van der Waals surface area contributed by atoms with E-state index in [1.165, 1.54) is 12.1 Å². The molecule has 102 valence electrons. The minimum atomic E-state index is -0.428. The Hall–Kier alpha value is -1.93. The van der Waals surface area contributed by atoms with Crippen LogP contribution in [-0.4, -0.2) is 30.4 Å². The standard InChI is InChI=1S/C14H18FN3O/c1-3-17-14(19)10-18(4-2)9-12-5-11(8-16)6-13(15)7-12/h5-7H,3-4,9-10H2,1-2H3,(H,17,19). The van der Waals surface area contributed by atoms with Crippen LogP contribution in [0.2, 0.25) is 0 Å². The number of hydrogen-bond acceptors (Lipinski definition) is 3. The van der Waals surface area contributed by atoms with Crippen LogP contribution in [0.25, 0.3) is 0 Å². The number of carbonyl (C=O) groups excluding carboxylic acids is 1. The summed E-state index contributed by atoms with van der Waals surface area (Å²) in [6.45, 7) is 5.77. The van der Waals surface area contributed by atoms with Gasteiger partial charge in [-0.2, -0.15) is 5.26 Å². The minimum absolute atomic E-state index is 0.0544. The summed E-state index contributed by atoms with van der Waals surface area (Å²) in [5.41, 5.74) is 0.992. The van der Waals surface area contributed by atoms with E-state index in [2.05, 4.69) is 5.32 Å². The Labute approximate surface area is 112 Å². The lowest BCUT2D eigenvalue weighted by atomic mass is 10.1. The molecule has 1 rings (SSSR count). The summed E-state index contributed by atoms with van der Waals surface area (Å²) in [5.74, 6) is -0.482. The fraction of sp³-hybridized carbons (Fsp3) is 0.429. The summed E-state index contributed by atoms with van der Waals surface area (Å²) < 4.78 is 13.3. The highest BCUT2D eigenvalue weighted by molar-refractivity contribution is 5.77. The predicted molar refractivity (Wildman–Crippen MR) is 70.7 cm³/mol. The summed E-state index contributed by atoms with van der Waals surface area (Å²) in [5, 5.41) is 11.5. The average Bonchev–Trinajstić information content (AvgIpc) is 2.37. The lowest BCUT2D eigenvalue weighted by molar-refractivity contribution is -0.122. The van der Waals surface area contributed by atoms with E-state index < -0.39 is 5.82 Å². The maximum absolute atomic E-state index is 13.3. The molecule has 0 atom stereocenters. The Morgan fingerprint density at radius 2 is 2.16 bits per heavy atom. The topological polar surface area (TPSA) is 56.1 Å². The van der Waals surface area contributed by atoms with Crippen molar-refractivity contribution in [1.82, 2.24) is 10.2 Å². The molecule has 5 heteroatoms. The van der Waals surface area contributed by atoms with Crippen LogP contribution in [0.4, 0.5) is 4.39 Å². The number of likely N-dealkylation sites (N-methyl/N-ethyl adjacent to an activating group) is 2. The summed E-state index contributed by atoms with van der Waals surface area (Å²) in [6, 6.07) is 6.15. The lowest BCUT2D eigenvalue weighted by Gasteiger charge is -2.19. The molecule has 1 aromatic rings. The van der Waals surface area contributed by atoms with Gasteiger partial charge in [-0.1, -0.05) is 6.92 Å². The summed E-state index contributed by atoms with van der Waals surface area (Å²) in [7, 11) is 0. The molecular formula is C14H18FN3O. The molecule has 0 unspecified atom stereocenters. The van der Waals surface area contributed by atoms with E-state index in [0.717, 1.165) is 0 Å². The van der Waals surface area contributed by atoms with E-state index in [1.54, 1.807) is 6.07 Å². The van der Waals surface area contributed by atoms with Crippen molar-refractivity contribution >= 4 is 5.91 Å². The normalized spacial score (nSPS) is 10.3. The number of carbonyl (C=O) groups is 1. The zero-order chi connectivity index (χ0) is 14.3. The highest BCUT2D eigenvalue weighted by Gasteiger charge is 2.10. The number of nitriles is 1. The summed E-state index contributed by atoms with van der Waals surface area (Å²) in [6.07, 6.45) is 0. The molecule has 0 bridgehead atoms. The zero-order valence-corrected chi connectivity index (χ0v) is 11.2. The average molecular weight is 263 g/mol. The SMILES string of the molecule is CCNC(=O)CN(CC)Cc1cc(F)cc(C#N)c1. The molecule has 0 saturated heterocycles. The Morgan fingerprint density at radius 3 is 2.74 bits per heavy atom. The zero-order valence-electron chi connectivity index (χ0n) is 11.2. The van der Waals surface area contributed by atoms with Crippen LogP contribution in [0.15, 0.2) is 18.2 Å². The molecule has 0 heterocycles. The van der Waals surface area contributed by atoms with E-state index in [4.69, 9.17) is 5.26 Å². The maximum Gasteiger partial charge on any atom is 0.234 e. The first kappa shape index (κ1) is 15.1. The molecule has 1 N–H and O–H groups in total. The molecule has 0 aliphatic heterocycles. The van der Waals surface area contributed by atoms with E-state index in [1.807, 2.05) is 24.8 Å². The monoisotopic (exact) mass is 263 g/mol. The van der Waals surface area contributed by atoms with E-state index in [0.29, 0.717) is 30.8 Å². The first-order valence-electron chi connectivity index (χ1n) is 6.27.